The molecule has 6 heavy (non-hydrogen) atoms. The van der Waals surface area contributed by atoms with Gasteiger partial charge in [0.25, 0.3) is 0 Å². The molecule has 0 heterocycles. The van der Waals surface area contributed by atoms with Crippen LogP contribution in [0.3, 0.4) is 0 Å². The molecule has 0 saturated heterocycles. The van der Waals surface area contributed by atoms with Crippen LogP contribution in [-0.2, 0) is 0 Å². The third-order valence-electron chi connectivity index (χ3n) is 0.649. The standard InChI is InChI=1S/C4H9FO/c1-2-4(6)3-5/h4,6H,2-3H2,1H3/i5-1. The lowest BCUT2D eigenvalue weighted by Gasteiger charge is -1.95. The van der Waals surface area contributed by atoms with E-state index in [1.54, 1.807) is 6.92 Å². The van der Waals surface area contributed by atoms with Crippen molar-refractivity contribution in [2.75, 3.05) is 6.67 Å². The Morgan fingerprint density at radius 3 is 2.33 bits per heavy atom. The minimum Gasteiger partial charge on any atom is -0.390 e. The normalized spacial score (nSPS) is 14.5. The second-order valence-electron chi connectivity index (χ2n) is 1.22. The fourth-order valence-electron chi connectivity index (χ4n) is 0.109. The highest BCUT2D eigenvalue weighted by Gasteiger charge is 1.94. The highest BCUT2D eigenvalue weighted by molar-refractivity contribution is 4.44. The van der Waals surface area contributed by atoms with Crippen LogP contribution in [-0.4, -0.2) is 17.9 Å². The Morgan fingerprint density at radius 2 is 2.33 bits per heavy atom. The number of halogens is 1. The minimum atomic E-state index is -0.731. The first-order valence-corrected chi connectivity index (χ1v) is 2.05. The van der Waals surface area contributed by atoms with Crippen LogP contribution in [0.5, 0.6) is 0 Å². The van der Waals surface area contributed by atoms with Crippen molar-refractivity contribution in [3.05, 3.63) is 0 Å². The van der Waals surface area contributed by atoms with Gasteiger partial charge in [0, 0.05) is 0 Å². The molecule has 1 atom stereocenters. The lowest BCUT2D eigenvalue weighted by atomic mass is 10.3. The van der Waals surface area contributed by atoms with Crippen molar-refractivity contribution >= 4 is 0 Å². The molecule has 0 saturated carbocycles. The van der Waals surface area contributed by atoms with Crippen LogP contribution in [0.4, 0.5) is 4.39 Å². The molecule has 0 rings (SSSR count). The maximum atomic E-state index is 11.1. The van der Waals surface area contributed by atoms with E-state index in [-0.39, 0.29) is 0 Å². The van der Waals surface area contributed by atoms with Crippen molar-refractivity contribution < 1.29 is 9.50 Å². The first kappa shape index (κ1) is 5.89. The molecule has 0 fully saturated rings. The summed E-state index contributed by atoms with van der Waals surface area (Å²) in [5.41, 5.74) is 0. The van der Waals surface area contributed by atoms with Gasteiger partial charge in [-0.25, -0.2) is 4.39 Å². The van der Waals surface area contributed by atoms with Crippen molar-refractivity contribution in [3.63, 3.8) is 0 Å². The Balaban J connectivity index is 2.75. The third-order valence-corrected chi connectivity index (χ3v) is 0.649. The molecule has 1 unspecified atom stereocenters. The van der Waals surface area contributed by atoms with Gasteiger partial charge >= 0.3 is 0 Å². The molecule has 0 aliphatic rings. The van der Waals surface area contributed by atoms with E-state index in [9.17, 15) is 4.39 Å². The van der Waals surface area contributed by atoms with Crippen molar-refractivity contribution in [2.45, 2.75) is 19.4 Å². The first-order valence-electron chi connectivity index (χ1n) is 2.05. The van der Waals surface area contributed by atoms with Crippen LogP contribution in [0.25, 0.3) is 0 Å². The summed E-state index contributed by atoms with van der Waals surface area (Å²) < 4.78 is 11.1. The van der Waals surface area contributed by atoms with E-state index in [0.29, 0.717) is 6.42 Å². The van der Waals surface area contributed by atoms with E-state index in [4.69, 9.17) is 5.11 Å². The Bertz CT molecular complexity index is 26.7. The third kappa shape index (κ3) is 2.15. The quantitative estimate of drug-likeness (QED) is 0.531. The van der Waals surface area contributed by atoms with E-state index in [1.807, 2.05) is 0 Å². The van der Waals surface area contributed by atoms with Crippen LogP contribution in [0.1, 0.15) is 13.3 Å². The van der Waals surface area contributed by atoms with E-state index in [0.717, 1.165) is 0 Å². The fourth-order valence-corrected chi connectivity index (χ4v) is 0.109. The van der Waals surface area contributed by atoms with Crippen molar-refractivity contribution in [3.8, 4) is 0 Å². The molecule has 1 nitrogen and oxygen atoms in total. The number of rotatable bonds is 2. The maximum Gasteiger partial charge on any atom is 0.115 e. The summed E-state index contributed by atoms with van der Waals surface area (Å²) in [6, 6.07) is 0. The Kier molecular flexibility index (Phi) is 3.04. The highest BCUT2D eigenvalue weighted by atomic mass is 18.2. The van der Waals surface area contributed by atoms with Gasteiger partial charge in [-0.2, -0.15) is 0 Å². The van der Waals surface area contributed by atoms with Crippen molar-refractivity contribution in [1.82, 2.24) is 0 Å². The zero-order valence-electron chi connectivity index (χ0n) is 3.82. The number of aliphatic hydroxyl groups excluding tert-OH is 1. The summed E-state index contributed by atoms with van der Waals surface area (Å²) in [4.78, 5) is 0. The van der Waals surface area contributed by atoms with Gasteiger partial charge in [0.05, 0.1) is 6.10 Å². The summed E-state index contributed by atoms with van der Waals surface area (Å²) >= 11 is 0. The second kappa shape index (κ2) is 3.09. The minimum absolute atomic E-state index is 0.510. The van der Waals surface area contributed by atoms with Crippen LogP contribution >= 0.6 is 0 Å². The van der Waals surface area contributed by atoms with Crippen LogP contribution < -0.4 is 0 Å². The van der Waals surface area contributed by atoms with Crippen LogP contribution in [0.15, 0.2) is 0 Å². The predicted octanol–water partition coefficient (Wildman–Crippen LogP) is 0.727. The molecule has 0 spiro atoms. The van der Waals surface area contributed by atoms with Crippen molar-refractivity contribution in [2.24, 2.45) is 0 Å². The lowest BCUT2D eigenvalue weighted by molar-refractivity contribution is 0.136. The molecule has 0 aliphatic heterocycles. The largest absolute Gasteiger partial charge is 0.390 e. The van der Waals surface area contributed by atoms with Gasteiger partial charge in [-0.1, -0.05) is 6.92 Å². The predicted molar refractivity (Wildman–Crippen MR) is 22.3 cm³/mol. The molecule has 0 aliphatic carbocycles. The molecular weight excluding hydrogens is 82.0 g/mol. The summed E-state index contributed by atoms with van der Waals surface area (Å²) in [5, 5.41) is 8.29. The van der Waals surface area contributed by atoms with E-state index in [1.165, 1.54) is 0 Å². The van der Waals surface area contributed by atoms with Crippen LogP contribution in [0.2, 0.25) is 0 Å². The lowest BCUT2D eigenvalue weighted by Crippen LogP contribution is -2.05. The van der Waals surface area contributed by atoms with Gasteiger partial charge in [-0.05, 0) is 6.42 Å². The van der Waals surface area contributed by atoms with Crippen molar-refractivity contribution in [1.29, 1.82) is 0 Å². The Morgan fingerprint density at radius 1 is 1.83 bits per heavy atom. The molecule has 38 valence electrons. The Hall–Kier alpha value is -0.110. The van der Waals surface area contributed by atoms with Gasteiger partial charge in [0.1, 0.15) is 6.67 Å². The molecule has 1 N–H and O–H groups in total. The molecule has 0 aromatic heterocycles. The molecule has 0 aromatic carbocycles. The number of alkyl halides is 1. The number of hydrogen-bond acceptors (Lipinski definition) is 1. The molecule has 0 radical (unpaired) electrons. The van der Waals surface area contributed by atoms with E-state index in [2.05, 4.69) is 0 Å². The zero-order chi connectivity index (χ0) is 4.99. The summed E-state index contributed by atoms with van der Waals surface area (Å²) in [6.45, 7) is 1.13. The van der Waals surface area contributed by atoms with Gasteiger partial charge < -0.3 is 5.11 Å². The van der Waals surface area contributed by atoms with Gasteiger partial charge in [0.15, 0.2) is 0 Å². The highest BCUT2D eigenvalue weighted by Crippen LogP contribution is 1.87. The first-order chi connectivity index (χ1) is 2.81. The average molecular weight is 91.1 g/mol. The van der Waals surface area contributed by atoms with Crippen LogP contribution in [0, 0.1) is 0 Å². The van der Waals surface area contributed by atoms with Gasteiger partial charge in [-0.3, -0.25) is 0 Å². The monoisotopic (exact) mass is 91.1 g/mol. The second-order valence-corrected chi connectivity index (χ2v) is 1.22. The maximum absolute atomic E-state index is 11.1. The van der Waals surface area contributed by atoms with Gasteiger partial charge in [-0.15, -0.1) is 0 Å². The zero-order valence-corrected chi connectivity index (χ0v) is 3.82. The SMILES string of the molecule is CCC(O)C[18F]. The van der Waals surface area contributed by atoms with E-state index >= 15 is 0 Å². The van der Waals surface area contributed by atoms with E-state index < -0.39 is 12.8 Å². The molecular formula is C4H9FO. The average Bonchev–Trinajstić information content (AvgIpc) is 1.65. The smallest absolute Gasteiger partial charge is 0.115 e. The molecule has 0 aromatic rings. The fraction of sp³-hybridized carbons (Fsp3) is 1.00. The summed E-state index contributed by atoms with van der Waals surface area (Å²) in [7, 11) is 0. The number of hydrogen-bond donors (Lipinski definition) is 1. The molecule has 2 heteroatoms. The summed E-state index contributed by atoms with van der Waals surface area (Å²) in [5.74, 6) is 0. The van der Waals surface area contributed by atoms with Gasteiger partial charge in [0.2, 0.25) is 0 Å². The summed E-state index contributed by atoms with van der Waals surface area (Å²) in [6.07, 6.45) is -0.221. The number of aliphatic hydroxyl groups is 1. The molecule has 0 bridgehead atoms. The molecule has 0 amide bonds. The Labute approximate surface area is 36.8 Å². The topological polar surface area (TPSA) is 20.2 Å².